The monoisotopic (exact) mass is 257 g/mol. The van der Waals surface area contributed by atoms with Gasteiger partial charge in [-0.2, -0.15) is 0 Å². The summed E-state index contributed by atoms with van der Waals surface area (Å²) in [6.45, 7) is 5.41. The molecule has 1 N–H and O–H groups in total. The summed E-state index contributed by atoms with van der Waals surface area (Å²) in [5, 5.41) is 3.13. The number of rotatable bonds is 6. The summed E-state index contributed by atoms with van der Waals surface area (Å²) in [6, 6.07) is 8.02. The molecule has 0 radical (unpaired) electrons. The number of hydrogen-bond acceptors (Lipinski definition) is 4. The third-order valence-electron chi connectivity index (χ3n) is 2.79. The van der Waals surface area contributed by atoms with Gasteiger partial charge in [-0.25, -0.2) is 9.97 Å². The first-order valence-corrected chi connectivity index (χ1v) is 6.52. The molecule has 0 aliphatic carbocycles. The Morgan fingerprint density at radius 1 is 1.11 bits per heavy atom. The van der Waals surface area contributed by atoms with Gasteiger partial charge in [0.2, 0.25) is 5.95 Å². The van der Waals surface area contributed by atoms with E-state index in [1.54, 1.807) is 0 Å². The molecule has 0 bridgehead atoms. The summed E-state index contributed by atoms with van der Waals surface area (Å²) in [5.41, 5.74) is 2.37. The van der Waals surface area contributed by atoms with Crippen LogP contribution in [0.15, 0.2) is 36.7 Å². The van der Waals surface area contributed by atoms with E-state index in [1.807, 2.05) is 36.7 Å². The van der Waals surface area contributed by atoms with Gasteiger partial charge in [0, 0.05) is 12.4 Å². The zero-order valence-corrected chi connectivity index (χ0v) is 11.4. The lowest BCUT2D eigenvalue weighted by molar-refractivity contribution is 0.332. The van der Waals surface area contributed by atoms with Crippen molar-refractivity contribution in [2.45, 2.75) is 20.3 Å². The summed E-state index contributed by atoms with van der Waals surface area (Å²) >= 11 is 0. The Morgan fingerprint density at radius 3 is 2.42 bits per heavy atom. The van der Waals surface area contributed by atoms with Crippen molar-refractivity contribution in [3.05, 3.63) is 47.8 Å². The van der Waals surface area contributed by atoms with E-state index in [0.29, 0.717) is 19.1 Å². The third kappa shape index (κ3) is 4.25. The molecular formula is C15H19N3O. The summed E-state index contributed by atoms with van der Waals surface area (Å²) in [6.07, 6.45) is 4.64. The van der Waals surface area contributed by atoms with Crippen molar-refractivity contribution in [1.82, 2.24) is 9.97 Å². The Labute approximate surface area is 113 Å². The van der Waals surface area contributed by atoms with Gasteiger partial charge in [-0.05, 0) is 31.0 Å². The molecule has 0 saturated carbocycles. The van der Waals surface area contributed by atoms with Crippen molar-refractivity contribution in [2.75, 3.05) is 18.5 Å². The van der Waals surface area contributed by atoms with E-state index in [0.717, 1.165) is 17.7 Å². The van der Waals surface area contributed by atoms with E-state index < -0.39 is 0 Å². The van der Waals surface area contributed by atoms with Crippen LogP contribution in [0, 0.1) is 6.92 Å². The van der Waals surface area contributed by atoms with Crippen molar-refractivity contribution in [2.24, 2.45) is 0 Å². The smallest absolute Gasteiger partial charge is 0.222 e. The van der Waals surface area contributed by atoms with Crippen LogP contribution in [0.25, 0.3) is 0 Å². The lowest BCUT2D eigenvalue weighted by Crippen LogP contribution is -2.13. The van der Waals surface area contributed by atoms with Crippen molar-refractivity contribution >= 4 is 5.95 Å². The second-order valence-electron chi connectivity index (χ2n) is 4.36. The quantitative estimate of drug-likeness (QED) is 0.808. The Morgan fingerprint density at radius 2 is 1.79 bits per heavy atom. The predicted octanol–water partition coefficient (Wildman–Crippen LogP) is 2.84. The fourth-order valence-corrected chi connectivity index (χ4v) is 1.59. The first-order chi connectivity index (χ1) is 9.28. The molecule has 19 heavy (non-hydrogen) atoms. The molecule has 1 aromatic heterocycles. The third-order valence-corrected chi connectivity index (χ3v) is 2.79. The number of aromatic nitrogens is 2. The van der Waals surface area contributed by atoms with Crippen LogP contribution in [0.1, 0.15) is 18.1 Å². The molecule has 0 fully saturated rings. The highest BCUT2D eigenvalue weighted by atomic mass is 16.5. The number of ether oxygens (including phenoxy) is 1. The second-order valence-corrected chi connectivity index (χ2v) is 4.36. The van der Waals surface area contributed by atoms with Gasteiger partial charge in [0.05, 0.1) is 6.54 Å². The molecule has 1 aromatic carbocycles. The average Bonchev–Trinajstić information content (AvgIpc) is 2.46. The van der Waals surface area contributed by atoms with Crippen LogP contribution in [0.3, 0.4) is 0 Å². The van der Waals surface area contributed by atoms with Gasteiger partial charge in [-0.1, -0.05) is 24.6 Å². The lowest BCUT2D eigenvalue weighted by atomic mass is 10.2. The van der Waals surface area contributed by atoms with Gasteiger partial charge in [0.15, 0.2) is 0 Å². The number of hydrogen-bond donors (Lipinski definition) is 1. The molecule has 0 spiro atoms. The van der Waals surface area contributed by atoms with Crippen molar-refractivity contribution in [1.29, 1.82) is 0 Å². The van der Waals surface area contributed by atoms with Gasteiger partial charge >= 0.3 is 0 Å². The molecule has 2 aromatic rings. The van der Waals surface area contributed by atoms with Crippen LogP contribution in [0.2, 0.25) is 0 Å². The normalized spacial score (nSPS) is 10.2. The maximum atomic E-state index is 5.61. The number of nitrogens with one attached hydrogen (secondary N) is 1. The molecule has 1 heterocycles. The van der Waals surface area contributed by atoms with Crippen LogP contribution in [-0.2, 0) is 6.42 Å². The largest absolute Gasteiger partial charge is 0.492 e. The highest BCUT2D eigenvalue weighted by Gasteiger charge is 1.97. The highest BCUT2D eigenvalue weighted by Crippen LogP contribution is 2.11. The first kappa shape index (κ1) is 13.3. The minimum absolute atomic E-state index is 0.585. The number of anilines is 1. The standard InChI is InChI=1S/C15H19N3O/c1-3-13-10-17-15(18-11-13)16-8-9-19-14-6-4-12(2)5-7-14/h4-7,10-11H,3,8-9H2,1-2H3,(H,16,17,18). The number of aryl methyl sites for hydroxylation is 2. The SMILES string of the molecule is CCc1cnc(NCCOc2ccc(C)cc2)nc1. The summed E-state index contributed by atoms with van der Waals surface area (Å²) in [4.78, 5) is 8.46. The molecule has 0 saturated heterocycles. The molecule has 2 rings (SSSR count). The molecule has 0 amide bonds. The van der Waals surface area contributed by atoms with Gasteiger partial charge in [-0.3, -0.25) is 0 Å². The van der Waals surface area contributed by atoms with Crippen LogP contribution < -0.4 is 10.1 Å². The van der Waals surface area contributed by atoms with Crippen LogP contribution in [-0.4, -0.2) is 23.1 Å². The Kier molecular flexibility index (Phi) is 4.72. The van der Waals surface area contributed by atoms with Gasteiger partial charge in [-0.15, -0.1) is 0 Å². The van der Waals surface area contributed by atoms with E-state index in [-0.39, 0.29) is 0 Å². The first-order valence-electron chi connectivity index (χ1n) is 6.52. The van der Waals surface area contributed by atoms with Crippen LogP contribution >= 0.6 is 0 Å². The molecule has 0 aliphatic heterocycles. The minimum Gasteiger partial charge on any atom is -0.492 e. The van der Waals surface area contributed by atoms with E-state index in [2.05, 4.69) is 29.1 Å². The fourth-order valence-electron chi connectivity index (χ4n) is 1.59. The maximum Gasteiger partial charge on any atom is 0.222 e. The summed E-state index contributed by atoms with van der Waals surface area (Å²) < 4.78 is 5.61. The second kappa shape index (κ2) is 6.73. The Hall–Kier alpha value is -2.10. The van der Waals surface area contributed by atoms with Gasteiger partial charge in [0.25, 0.3) is 0 Å². The van der Waals surface area contributed by atoms with Crippen molar-refractivity contribution in [3.63, 3.8) is 0 Å². The maximum absolute atomic E-state index is 5.61. The zero-order valence-electron chi connectivity index (χ0n) is 11.4. The lowest BCUT2D eigenvalue weighted by Gasteiger charge is -2.07. The van der Waals surface area contributed by atoms with E-state index in [1.165, 1.54) is 5.56 Å². The van der Waals surface area contributed by atoms with E-state index in [9.17, 15) is 0 Å². The molecule has 100 valence electrons. The Bertz CT molecular complexity index is 494. The van der Waals surface area contributed by atoms with E-state index >= 15 is 0 Å². The van der Waals surface area contributed by atoms with Gasteiger partial charge in [0.1, 0.15) is 12.4 Å². The molecule has 4 nitrogen and oxygen atoms in total. The minimum atomic E-state index is 0.585. The number of benzene rings is 1. The number of nitrogens with zero attached hydrogens (tertiary/aromatic N) is 2. The van der Waals surface area contributed by atoms with Crippen molar-refractivity contribution < 1.29 is 4.74 Å². The summed E-state index contributed by atoms with van der Waals surface area (Å²) in [7, 11) is 0. The molecule has 0 unspecified atom stereocenters. The van der Waals surface area contributed by atoms with Crippen LogP contribution in [0.5, 0.6) is 5.75 Å². The van der Waals surface area contributed by atoms with Gasteiger partial charge < -0.3 is 10.1 Å². The summed E-state index contributed by atoms with van der Waals surface area (Å²) in [5.74, 6) is 1.53. The highest BCUT2D eigenvalue weighted by molar-refractivity contribution is 5.27. The average molecular weight is 257 g/mol. The molecule has 0 atom stereocenters. The zero-order chi connectivity index (χ0) is 13.5. The Balaban J connectivity index is 1.72. The molecule has 4 heteroatoms. The predicted molar refractivity (Wildman–Crippen MR) is 76.6 cm³/mol. The molecular weight excluding hydrogens is 238 g/mol. The van der Waals surface area contributed by atoms with Crippen molar-refractivity contribution in [3.8, 4) is 5.75 Å². The molecule has 0 aliphatic rings. The topological polar surface area (TPSA) is 47.0 Å². The van der Waals surface area contributed by atoms with E-state index in [4.69, 9.17) is 4.74 Å². The fraction of sp³-hybridized carbons (Fsp3) is 0.333. The van der Waals surface area contributed by atoms with Crippen LogP contribution in [0.4, 0.5) is 5.95 Å².